The van der Waals surface area contributed by atoms with Gasteiger partial charge in [0.2, 0.25) is 0 Å². The number of hydrogen-bond acceptors (Lipinski definition) is 2. The Kier molecular flexibility index (Phi) is 2.77. The molecule has 0 fully saturated rings. The van der Waals surface area contributed by atoms with Crippen LogP contribution in [0.1, 0.15) is 18.1 Å². The van der Waals surface area contributed by atoms with E-state index < -0.39 is 0 Å². The topological polar surface area (TPSA) is 46.0 Å². The zero-order chi connectivity index (χ0) is 11.5. The van der Waals surface area contributed by atoms with Crippen molar-refractivity contribution in [3.8, 4) is 0 Å². The van der Waals surface area contributed by atoms with Gasteiger partial charge in [0.05, 0.1) is 0 Å². The Bertz CT molecular complexity index is 632. The minimum atomic E-state index is -0.246. The highest BCUT2D eigenvalue weighted by Crippen LogP contribution is 2.04. The molecule has 0 atom stereocenters. The molecule has 0 amide bonds. The highest BCUT2D eigenvalue weighted by molar-refractivity contribution is 5.48. The molecule has 1 aromatic carbocycles. The van der Waals surface area contributed by atoms with Crippen molar-refractivity contribution >= 4 is 12.7 Å². The first-order valence-corrected chi connectivity index (χ1v) is 5.18. The van der Waals surface area contributed by atoms with E-state index in [1.807, 2.05) is 24.3 Å². The third-order valence-electron chi connectivity index (χ3n) is 2.40. The summed E-state index contributed by atoms with van der Waals surface area (Å²) < 4.78 is 5.14. The number of nitrogens with one attached hydrogen (secondary N) is 1. The second-order valence-corrected chi connectivity index (χ2v) is 3.58. The molecule has 0 bridgehead atoms. The summed E-state index contributed by atoms with van der Waals surface area (Å²) >= 11 is 0. The minimum Gasteiger partial charge on any atom is -0.436 e. The fourth-order valence-electron chi connectivity index (χ4n) is 1.49. The Morgan fingerprint density at radius 1 is 1.38 bits per heavy atom. The Balaban J connectivity index is 2.46. The molecule has 0 aliphatic heterocycles. The summed E-state index contributed by atoms with van der Waals surface area (Å²) in [5.74, 6) is 0. The van der Waals surface area contributed by atoms with Crippen molar-refractivity contribution in [3.63, 3.8) is 0 Å². The molecule has 1 N–H and O–H groups in total. The number of aromatic amines is 1. The summed E-state index contributed by atoms with van der Waals surface area (Å²) in [5, 5.41) is 0. The van der Waals surface area contributed by atoms with Crippen LogP contribution in [0, 0.1) is 0 Å². The van der Waals surface area contributed by atoms with Crippen LogP contribution in [-0.2, 0) is 6.42 Å². The van der Waals surface area contributed by atoms with Crippen LogP contribution in [0.25, 0.3) is 12.7 Å². The summed E-state index contributed by atoms with van der Waals surface area (Å²) in [6, 6.07) is 8.00. The van der Waals surface area contributed by atoms with Gasteiger partial charge in [0.1, 0.15) is 0 Å². The Hall–Kier alpha value is -2.03. The average Bonchev–Trinajstić information content (AvgIpc) is 2.59. The summed E-state index contributed by atoms with van der Waals surface area (Å²) in [6.45, 7) is 5.63. The third kappa shape index (κ3) is 2.14. The van der Waals surface area contributed by atoms with Gasteiger partial charge in [-0.25, -0.2) is 0 Å². The van der Waals surface area contributed by atoms with Crippen molar-refractivity contribution < 1.29 is 4.42 Å². The first-order valence-electron chi connectivity index (χ1n) is 5.18. The molecule has 82 valence electrons. The van der Waals surface area contributed by atoms with Crippen LogP contribution in [0.4, 0.5) is 0 Å². The van der Waals surface area contributed by atoms with Gasteiger partial charge in [-0.15, -0.1) is 0 Å². The first-order chi connectivity index (χ1) is 7.69. The summed E-state index contributed by atoms with van der Waals surface area (Å²) in [4.78, 5) is 13.8. The number of hydrogen-bond donors (Lipinski definition) is 1. The zero-order valence-electron chi connectivity index (χ0n) is 9.12. The van der Waals surface area contributed by atoms with E-state index >= 15 is 0 Å². The van der Waals surface area contributed by atoms with Crippen molar-refractivity contribution in [1.82, 2.24) is 4.98 Å². The molecule has 0 aliphatic carbocycles. The first kappa shape index (κ1) is 10.5. The van der Waals surface area contributed by atoms with E-state index in [1.54, 1.807) is 6.08 Å². The van der Waals surface area contributed by atoms with Crippen LogP contribution < -0.4 is 16.5 Å². The lowest BCUT2D eigenvalue weighted by Crippen LogP contribution is -2.20. The molecule has 2 rings (SSSR count). The van der Waals surface area contributed by atoms with Crippen molar-refractivity contribution in [1.29, 1.82) is 0 Å². The number of aryl methyl sites for hydroxylation is 1. The van der Waals surface area contributed by atoms with E-state index in [1.165, 1.54) is 5.56 Å². The molecule has 0 radical (unpaired) electrons. The second kappa shape index (κ2) is 4.23. The average molecular weight is 215 g/mol. The number of H-pyrrole nitrogens is 1. The number of benzene rings is 1. The molecular weight excluding hydrogens is 202 g/mol. The highest BCUT2D eigenvalue weighted by atomic mass is 16.3. The predicted molar refractivity (Wildman–Crippen MR) is 63.5 cm³/mol. The molecule has 1 aromatic heterocycles. The normalized spacial score (nSPS) is 11.9. The van der Waals surface area contributed by atoms with Crippen molar-refractivity contribution in [2.75, 3.05) is 0 Å². The van der Waals surface area contributed by atoms with E-state index in [0.29, 0.717) is 0 Å². The van der Waals surface area contributed by atoms with Gasteiger partial charge < -0.3 is 4.42 Å². The maximum atomic E-state index is 11.3. The summed E-state index contributed by atoms with van der Waals surface area (Å²) in [6.07, 6.45) is 2.71. The Morgan fingerprint density at radius 3 is 2.56 bits per heavy atom. The quantitative estimate of drug-likeness (QED) is 0.804. The van der Waals surface area contributed by atoms with Gasteiger partial charge in [-0.1, -0.05) is 31.2 Å². The molecule has 0 spiro atoms. The van der Waals surface area contributed by atoms with Crippen LogP contribution >= 0.6 is 0 Å². The van der Waals surface area contributed by atoms with Gasteiger partial charge in [-0.3, -0.25) is 9.78 Å². The molecule has 16 heavy (non-hydrogen) atoms. The fourth-order valence-corrected chi connectivity index (χ4v) is 1.49. The van der Waals surface area contributed by atoms with Crippen LogP contribution in [-0.4, -0.2) is 4.98 Å². The largest absolute Gasteiger partial charge is 0.436 e. The molecule has 0 aliphatic rings. The smallest absolute Gasteiger partial charge is 0.293 e. The molecule has 0 saturated carbocycles. The Morgan fingerprint density at radius 2 is 2.06 bits per heavy atom. The van der Waals surface area contributed by atoms with E-state index in [2.05, 4.69) is 18.5 Å². The number of aromatic nitrogens is 1. The third-order valence-corrected chi connectivity index (χ3v) is 2.40. The molecule has 0 unspecified atom stereocenters. The molecule has 3 heteroatoms. The van der Waals surface area contributed by atoms with Gasteiger partial charge in [-0.05, 0) is 30.2 Å². The van der Waals surface area contributed by atoms with E-state index in [9.17, 15) is 4.79 Å². The van der Waals surface area contributed by atoms with E-state index in [0.717, 1.165) is 12.0 Å². The van der Waals surface area contributed by atoms with Crippen molar-refractivity contribution in [3.05, 3.63) is 56.7 Å². The van der Waals surface area contributed by atoms with Gasteiger partial charge in [0.25, 0.3) is 5.56 Å². The van der Waals surface area contributed by atoms with Gasteiger partial charge in [0.15, 0.2) is 11.0 Å². The Labute approximate surface area is 92.7 Å². The van der Waals surface area contributed by atoms with Crippen LogP contribution in [0.5, 0.6) is 0 Å². The number of oxazole rings is 1. The monoisotopic (exact) mass is 215 g/mol. The van der Waals surface area contributed by atoms with Gasteiger partial charge in [0, 0.05) is 0 Å². The second-order valence-electron chi connectivity index (χ2n) is 3.58. The van der Waals surface area contributed by atoms with Gasteiger partial charge in [-0.2, -0.15) is 0 Å². The molecule has 0 saturated heterocycles. The van der Waals surface area contributed by atoms with E-state index in [4.69, 9.17) is 4.42 Å². The molecule has 1 heterocycles. The maximum Gasteiger partial charge on any atom is 0.293 e. The SMILES string of the molecule is C=c1[nH]c(=O)/c(=C/c2ccc(CC)cc2)o1. The molecule has 3 nitrogen and oxygen atoms in total. The maximum absolute atomic E-state index is 11.3. The summed E-state index contributed by atoms with van der Waals surface area (Å²) in [7, 11) is 0. The predicted octanol–water partition coefficient (Wildman–Crippen LogP) is 0.769. The number of rotatable bonds is 2. The molecular formula is C13H13NO2. The lowest BCUT2D eigenvalue weighted by Gasteiger charge is -1.95. The minimum absolute atomic E-state index is 0.246. The van der Waals surface area contributed by atoms with Crippen LogP contribution in [0.3, 0.4) is 0 Å². The summed E-state index contributed by atoms with van der Waals surface area (Å²) in [5.41, 5.74) is 2.53. The van der Waals surface area contributed by atoms with Crippen LogP contribution in [0.15, 0.2) is 33.5 Å². The van der Waals surface area contributed by atoms with Crippen LogP contribution in [0.2, 0.25) is 0 Å². The fraction of sp³-hybridized carbons (Fsp3) is 0.154. The lowest BCUT2D eigenvalue weighted by molar-refractivity contribution is 0.492. The van der Waals surface area contributed by atoms with Gasteiger partial charge >= 0.3 is 0 Å². The highest BCUT2D eigenvalue weighted by Gasteiger charge is 1.95. The lowest BCUT2D eigenvalue weighted by atomic mass is 10.1. The van der Waals surface area contributed by atoms with Crippen molar-refractivity contribution in [2.24, 2.45) is 0 Å². The zero-order valence-corrected chi connectivity index (χ0v) is 9.12. The van der Waals surface area contributed by atoms with Crippen molar-refractivity contribution in [2.45, 2.75) is 13.3 Å². The standard InChI is InChI=1S/C13H13NO2/c1-3-10-4-6-11(7-5-10)8-12-13(15)14-9(2)16-12/h4-8H,2-3H2,1H3,(H,14,15)/b12-8-. The van der Waals surface area contributed by atoms with E-state index in [-0.39, 0.29) is 16.5 Å². The molecule has 2 aromatic rings.